The molecule has 0 fully saturated rings. The summed E-state index contributed by atoms with van der Waals surface area (Å²) in [6.45, 7) is 4.74. The molecule has 4 nitrogen and oxygen atoms in total. The molecule has 2 N–H and O–H groups in total. The van der Waals surface area contributed by atoms with Crippen molar-refractivity contribution in [1.82, 2.24) is 5.32 Å². The largest absolute Gasteiger partial charge is 0.416 e. The topological polar surface area (TPSA) is 64.9 Å². The summed E-state index contributed by atoms with van der Waals surface area (Å²) >= 11 is 0. The summed E-state index contributed by atoms with van der Waals surface area (Å²) in [4.78, 5) is 11.9. The molecule has 0 saturated carbocycles. The summed E-state index contributed by atoms with van der Waals surface area (Å²) in [5, 5.41) is 14.4. The third-order valence-corrected chi connectivity index (χ3v) is 2.87. The van der Waals surface area contributed by atoms with Gasteiger partial charge in [-0.15, -0.1) is 0 Å². The van der Waals surface area contributed by atoms with E-state index in [9.17, 15) is 18.0 Å². The quantitative estimate of drug-likeness (QED) is 0.878. The molecular formula is C14H16F3N3O. The lowest BCUT2D eigenvalue weighted by molar-refractivity contribution is -0.137. The molecule has 1 atom stereocenters. The zero-order valence-corrected chi connectivity index (χ0v) is 11.7. The van der Waals surface area contributed by atoms with Gasteiger partial charge in [-0.25, -0.2) is 0 Å². The van der Waals surface area contributed by atoms with Gasteiger partial charge in [0.05, 0.1) is 16.8 Å². The van der Waals surface area contributed by atoms with Gasteiger partial charge in [0.15, 0.2) is 0 Å². The van der Waals surface area contributed by atoms with Crippen LogP contribution in [0.3, 0.4) is 0 Å². The molecule has 0 radical (unpaired) electrons. The Hall–Kier alpha value is -2.07. The van der Waals surface area contributed by atoms with Crippen molar-refractivity contribution in [3.05, 3.63) is 29.3 Å². The highest BCUT2D eigenvalue weighted by atomic mass is 19.4. The van der Waals surface area contributed by atoms with Crippen molar-refractivity contribution in [2.24, 2.45) is 5.92 Å². The lowest BCUT2D eigenvalue weighted by atomic mass is 10.1. The molecule has 0 heterocycles. The Kier molecular flexibility index (Phi) is 5.73. The number of benzene rings is 1. The summed E-state index contributed by atoms with van der Waals surface area (Å²) in [5.41, 5.74) is -1.05. The van der Waals surface area contributed by atoms with Gasteiger partial charge in [-0.2, -0.15) is 18.4 Å². The highest BCUT2D eigenvalue weighted by molar-refractivity contribution is 5.93. The van der Waals surface area contributed by atoms with Crippen molar-refractivity contribution < 1.29 is 18.0 Å². The zero-order chi connectivity index (χ0) is 16.0. The third kappa shape index (κ3) is 4.76. The number of hydrogen-bond acceptors (Lipinski definition) is 3. The van der Waals surface area contributed by atoms with Crippen LogP contribution in [0.2, 0.25) is 0 Å². The molecule has 0 aliphatic rings. The van der Waals surface area contributed by atoms with Crippen molar-refractivity contribution in [1.29, 1.82) is 5.26 Å². The number of halogens is 3. The first-order chi connectivity index (χ1) is 9.79. The molecule has 1 unspecified atom stereocenters. The number of hydrogen-bond donors (Lipinski definition) is 2. The van der Waals surface area contributed by atoms with Gasteiger partial charge in [-0.1, -0.05) is 13.8 Å². The maximum atomic E-state index is 12.6. The van der Waals surface area contributed by atoms with Crippen molar-refractivity contribution in [2.75, 3.05) is 18.4 Å². The van der Waals surface area contributed by atoms with Gasteiger partial charge in [0.1, 0.15) is 6.07 Å². The Balaban J connectivity index is 2.90. The average Bonchev–Trinajstić information content (AvgIpc) is 2.43. The molecule has 21 heavy (non-hydrogen) atoms. The van der Waals surface area contributed by atoms with E-state index in [1.165, 1.54) is 0 Å². The summed E-state index contributed by atoms with van der Waals surface area (Å²) in [6.07, 6.45) is -4.52. The Morgan fingerprint density at radius 1 is 1.43 bits per heavy atom. The maximum absolute atomic E-state index is 12.6. The Bertz CT molecular complexity index is 549. The van der Waals surface area contributed by atoms with Crippen LogP contribution in [0, 0.1) is 17.2 Å². The fourth-order valence-electron chi connectivity index (χ4n) is 1.63. The van der Waals surface area contributed by atoms with E-state index in [2.05, 4.69) is 10.6 Å². The predicted molar refractivity (Wildman–Crippen MR) is 72.5 cm³/mol. The third-order valence-electron chi connectivity index (χ3n) is 2.87. The minimum Gasteiger partial charge on any atom is -0.325 e. The van der Waals surface area contributed by atoms with Crippen molar-refractivity contribution >= 4 is 11.6 Å². The molecule has 7 heteroatoms. The van der Waals surface area contributed by atoms with E-state index in [1.807, 2.05) is 6.92 Å². The lowest BCUT2D eigenvalue weighted by Gasteiger charge is -2.14. The van der Waals surface area contributed by atoms with Crippen molar-refractivity contribution in [2.45, 2.75) is 20.0 Å². The first kappa shape index (κ1) is 17.0. The van der Waals surface area contributed by atoms with Crippen LogP contribution in [0.15, 0.2) is 18.2 Å². The molecular weight excluding hydrogens is 283 g/mol. The summed E-state index contributed by atoms with van der Waals surface area (Å²) in [5.74, 6) is -0.717. The number of carbonyl (C=O) groups is 1. The van der Waals surface area contributed by atoms with Gasteiger partial charge in [0, 0.05) is 12.5 Å². The van der Waals surface area contributed by atoms with Crippen LogP contribution in [0.5, 0.6) is 0 Å². The van der Waals surface area contributed by atoms with Crippen LogP contribution >= 0.6 is 0 Å². The monoisotopic (exact) mass is 299 g/mol. The zero-order valence-electron chi connectivity index (χ0n) is 11.7. The van der Waals surface area contributed by atoms with E-state index in [0.717, 1.165) is 18.2 Å². The van der Waals surface area contributed by atoms with Crippen LogP contribution < -0.4 is 10.6 Å². The van der Waals surface area contributed by atoms with Gasteiger partial charge in [-0.05, 0) is 24.7 Å². The normalized spacial score (nSPS) is 12.6. The van der Waals surface area contributed by atoms with E-state index >= 15 is 0 Å². The Morgan fingerprint density at radius 2 is 2.10 bits per heavy atom. The minimum atomic E-state index is -4.52. The van der Waals surface area contributed by atoms with Crippen molar-refractivity contribution in [3.63, 3.8) is 0 Å². The summed E-state index contributed by atoms with van der Waals surface area (Å²) in [6, 6.07) is 4.33. The fourth-order valence-corrected chi connectivity index (χ4v) is 1.63. The van der Waals surface area contributed by atoms with Crippen LogP contribution in [0.25, 0.3) is 0 Å². The number of alkyl halides is 3. The molecule has 0 aromatic heterocycles. The standard InChI is InChI=1S/C14H16F3N3O/c1-3-19-8-9(2)13(21)20-12-5-4-11(14(15,16)17)6-10(12)7-18/h4-6,9,19H,3,8H2,1-2H3,(H,20,21). The second kappa shape index (κ2) is 7.09. The van der Waals surface area contributed by atoms with E-state index in [1.54, 1.807) is 13.0 Å². The molecule has 0 aliphatic carbocycles. The second-order valence-electron chi connectivity index (χ2n) is 4.57. The highest BCUT2D eigenvalue weighted by Gasteiger charge is 2.31. The van der Waals surface area contributed by atoms with E-state index < -0.39 is 11.7 Å². The number of nitrogens with one attached hydrogen (secondary N) is 2. The number of anilines is 1. The van der Waals surface area contributed by atoms with E-state index in [-0.39, 0.29) is 23.1 Å². The second-order valence-corrected chi connectivity index (χ2v) is 4.57. The first-order valence-corrected chi connectivity index (χ1v) is 6.42. The molecule has 1 aromatic rings. The van der Waals surface area contributed by atoms with Gasteiger partial charge in [0.2, 0.25) is 5.91 Å². The molecule has 1 rings (SSSR count). The van der Waals surface area contributed by atoms with Crippen LogP contribution in [0.4, 0.5) is 18.9 Å². The van der Waals surface area contributed by atoms with Crippen LogP contribution in [-0.2, 0) is 11.0 Å². The molecule has 1 aromatic carbocycles. The molecule has 0 aliphatic heterocycles. The van der Waals surface area contributed by atoms with Gasteiger partial charge >= 0.3 is 6.18 Å². The number of rotatable bonds is 5. The number of nitrogens with zero attached hydrogens (tertiary/aromatic N) is 1. The molecule has 1 amide bonds. The van der Waals surface area contributed by atoms with Crippen molar-refractivity contribution in [3.8, 4) is 6.07 Å². The van der Waals surface area contributed by atoms with Crippen LogP contribution in [0.1, 0.15) is 25.0 Å². The minimum absolute atomic E-state index is 0.0823. The Labute approximate surface area is 121 Å². The summed E-state index contributed by atoms with van der Waals surface area (Å²) in [7, 11) is 0. The molecule has 0 saturated heterocycles. The number of carbonyl (C=O) groups excluding carboxylic acids is 1. The maximum Gasteiger partial charge on any atom is 0.416 e. The van der Waals surface area contributed by atoms with E-state index in [4.69, 9.17) is 5.26 Å². The van der Waals surface area contributed by atoms with Gasteiger partial charge in [-0.3, -0.25) is 4.79 Å². The molecule has 0 bridgehead atoms. The fraction of sp³-hybridized carbons (Fsp3) is 0.429. The summed E-state index contributed by atoms with van der Waals surface area (Å²) < 4.78 is 37.7. The average molecular weight is 299 g/mol. The highest BCUT2D eigenvalue weighted by Crippen LogP contribution is 2.31. The van der Waals surface area contributed by atoms with Gasteiger partial charge < -0.3 is 10.6 Å². The predicted octanol–water partition coefficient (Wildman–Crippen LogP) is 2.76. The number of amides is 1. The van der Waals surface area contributed by atoms with E-state index in [0.29, 0.717) is 13.1 Å². The smallest absolute Gasteiger partial charge is 0.325 e. The van der Waals surface area contributed by atoms with Gasteiger partial charge in [0.25, 0.3) is 0 Å². The van der Waals surface area contributed by atoms with Crippen LogP contribution in [-0.4, -0.2) is 19.0 Å². The SMILES string of the molecule is CCNCC(C)C(=O)Nc1ccc(C(F)(F)F)cc1C#N. The Morgan fingerprint density at radius 3 is 2.62 bits per heavy atom. The first-order valence-electron chi connectivity index (χ1n) is 6.42. The molecule has 114 valence electrons. The molecule has 0 spiro atoms. The lowest BCUT2D eigenvalue weighted by Crippen LogP contribution is -2.30. The number of nitriles is 1.